The fraction of sp³-hybridized carbons (Fsp3) is 0.333. The van der Waals surface area contributed by atoms with E-state index in [1.807, 2.05) is 11.4 Å². The lowest BCUT2D eigenvalue weighted by Crippen LogP contribution is -2.31. The van der Waals surface area contributed by atoms with E-state index in [0.717, 1.165) is 43.9 Å². The van der Waals surface area contributed by atoms with Gasteiger partial charge in [-0.05, 0) is 30.0 Å². The number of para-hydroxylation sites is 1. The largest absolute Gasteiger partial charge is 0.370 e. The average molecular weight is 340 g/mol. The summed E-state index contributed by atoms with van der Waals surface area (Å²) in [7, 11) is 0. The fourth-order valence-electron chi connectivity index (χ4n) is 3.23. The molecule has 0 unspecified atom stereocenters. The predicted molar refractivity (Wildman–Crippen MR) is 98.8 cm³/mol. The average Bonchev–Trinajstić information content (AvgIpc) is 2.95. The molecule has 0 bridgehead atoms. The summed E-state index contributed by atoms with van der Waals surface area (Å²) in [5.74, 6) is 0.763. The first-order valence-electron chi connectivity index (χ1n) is 8.28. The van der Waals surface area contributed by atoms with E-state index in [4.69, 9.17) is 0 Å². The smallest absolute Gasteiger partial charge is 0.268 e. The van der Waals surface area contributed by atoms with Crippen molar-refractivity contribution in [3.63, 3.8) is 0 Å². The zero-order chi connectivity index (χ0) is 16.4. The number of nitrogens with zero attached hydrogens (tertiary/aromatic N) is 3. The highest BCUT2D eigenvalue weighted by molar-refractivity contribution is 7.17. The van der Waals surface area contributed by atoms with Crippen LogP contribution in [-0.2, 0) is 6.54 Å². The molecule has 0 radical (unpaired) electrons. The minimum absolute atomic E-state index is 0.0225. The highest BCUT2D eigenvalue weighted by Gasteiger charge is 2.16. The van der Waals surface area contributed by atoms with Crippen molar-refractivity contribution in [3.8, 4) is 0 Å². The Morgan fingerprint density at radius 1 is 1.08 bits per heavy atom. The number of fused-ring (bicyclic) bond motifs is 1. The summed E-state index contributed by atoms with van der Waals surface area (Å²) in [5, 5.41) is 1.92. The number of aromatic amines is 1. The van der Waals surface area contributed by atoms with Crippen molar-refractivity contribution in [2.75, 3.05) is 31.1 Å². The molecule has 124 valence electrons. The number of anilines is 1. The van der Waals surface area contributed by atoms with Gasteiger partial charge < -0.3 is 9.88 Å². The van der Waals surface area contributed by atoms with Gasteiger partial charge >= 0.3 is 0 Å². The molecule has 1 N–H and O–H groups in total. The minimum atomic E-state index is -0.0225. The van der Waals surface area contributed by atoms with Gasteiger partial charge in [0, 0.05) is 31.9 Å². The lowest BCUT2D eigenvalue weighted by atomic mass is 10.3. The van der Waals surface area contributed by atoms with Crippen LogP contribution in [0.15, 0.2) is 46.6 Å². The third-order valence-corrected chi connectivity index (χ3v) is 5.35. The summed E-state index contributed by atoms with van der Waals surface area (Å²) in [6.45, 7) is 4.75. The Hall–Kier alpha value is -2.18. The normalized spacial score (nSPS) is 16.4. The molecule has 1 saturated heterocycles. The van der Waals surface area contributed by atoms with E-state index >= 15 is 0 Å². The van der Waals surface area contributed by atoms with Crippen LogP contribution in [0.5, 0.6) is 0 Å². The Labute approximate surface area is 144 Å². The molecule has 0 spiro atoms. The zero-order valence-corrected chi connectivity index (χ0v) is 14.3. The van der Waals surface area contributed by atoms with Crippen molar-refractivity contribution in [1.29, 1.82) is 0 Å². The molecule has 0 aliphatic carbocycles. The molecule has 1 fully saturated rings. The summed E-state index contributed by atoms with van der Waals surface area (Å²) < 4.78 is 0.713. The molecule has 1 aromatic carbocycles. The van der Waals surface area contributed by atoms with Gasteiger partial charge in [0.25, 0.3) is 5.56 Å². The van der Waals surface area contributed by atoms with Crippen LogP contribution in [0.3, 0.4) is 0 Å². The van der Waals surface area contributed by atoms with Gasteiger partial charge in [-0.3, -0.25) is 9.69 Å². The number of nitrogens with one attached hydrogen (secondary N) is 1. The zero-order valence-electron chi connectivity index (χ0n) is 13.4. The number of hydrogen-bond donors (Lipinski definition) is 1. The van der Waals surface area contributed by atoms with Crippen LogP contribution in [0.1, 0.15) is 12.2 Å². The summed E-state index contributed by atoms with van der Waals surface area (Å²) in [4.78, 5) is 24.4. The molecule has 0 atom stereocenters. The minimum Gasteiger partial charge on any atom is -0.370 e. The SMILES string of the molecule is O=c1[nH]c(CN2CCCN(c3ccccc3)CC2)nc2ccsc12. The van der Waals surface area contributed by atoms with Crippen molar-refractivity contribution in [3.05, 3.63) is 58.0 Å². The standard InChI is InChI=1S/C18H20N4OS/c23-18-17-15(7-12-24-17)19-16(20-18)13-21-8-4-9-22(11-10-21)14-5-2-1-3-6-14/h1-3,5-7,12H,4,8-11,13H2,(H,19,20,23). The highest BCUT2D eigenvalue weighted by atomic mass is 32.1. The van der Waals surface area contributed by atoms with Crippen LogP contribution < -0.4 is 10.5 Å². The molecular weight excluding hydrogens is 320 g/mol. The molecule has 1 aliphatic rings. The number of aromatic nitrogens is 2. The van der Waals surface area contributed by atoms with Crippen LogP contribution in [0.25, 0.3) is 10.2 Å². The van der Waals surface area contributed by atoms with E-state index < -0.39 is 0 Å². The lowest BCUT2D eigenvalue weighted by molar-refractivity contribution is 0.278. The van der Waals surface area contributed by atoms with E-state index in [-0.39, 0.29) is 5.56 Å². The van der Waals surface area contributed by atoms with Gasteiger partial charge in [0.15, 0.2) is 0 Å². The van der Waals surface area contributed by atoms with E-state index in [1.165, 1.54) is 17.0 Å². The summed E-state index contributed by atoms with van der Waals surface area (Å²) in [5.41, 5.74) is 2.07. The predicted octanol–water partition coefficient (Wildman–Crippen LogP) is 2.70. The molecule has 6 heteroatoms. The quantitative estimate of drug-likeness (QED) is 0.796. The monoisotopic (exact) mass is 340 g/mol. The number of rotatable bonds is 3. The summed E-state index contributed by atoms with van der Waals surface area (Å²) in [6, 6.07) is 12.5. The van der Waals surface area contributed by atoms with Crippen LogP contribution >= 0.6 is 11.3 Å². The van der Waals surface area contributed by atoms with Crippen molar-refractivity contribution >= 4 is 27.2 Å². The maximum atomic E-state index is 12.1. The van der Waals surface area contributed by atoms with E-state index in [9.17, 15) is 4.79 Å². The maximum absolute atomic E-state index is 12.1. The second kappa shape index (κ2) is 6.75. The third kappa shape index (κ3) is 3.20. The molecule has 1 aliphatic heterocycles. The first-order chi connectivity index (χ1) is 11.8. The van der Waals surface area contributed by atoms with Crippen LogP contribution in [0.2, 0.25) is 0 Å². The van der Waals surface area contributed by atoms with Gasteiger partial charge in [0.1, 0.15) is 10.5 Å². The second-order valence-electron chi connectivity index (χ2n) is 6.10. The lowest BCUT2D eigenvalue weighted by Gasteiger charge is -2.23. The Morgan fingerprint density at radius 3 is 2.83 bits per heavy atom. The number of H-pyrrole nitrogens is 1. The molecule has 0 amide bonds. The molecule has 0 saturated carbocycles. The summed E-state index contributed by atoms with van der Waals surface area (Å²) in [6.07, 6.45) is 1.11. The fourth-order valence-corrected chi connectivity index (χ4v) is 3.96. The van der Waals surface area contributed by atoms with Gasteiger partial charge in [-0.2, -0.15) is 0 Å². The van der Waals surface area contributed by atoms with Gasteiger partial charge in [0.2, 0.25) is 0 Å². The Bertz CT molecular complexity index is 873. The van der Waals surface area contributed by atoms with Gasteiger partial charge in [0.05, 0.1) is 12.1 Å². The first kappa shape index (κ1) is 15.4. The van der Waals surface area contributed by atoms with Crippen molar-refractivity contribution in [2.45, 2.75) is 13.0 Å². The van der Waals surface area contributed by atoms with E-state index in [1.54, 1.807) is 0 Å². The number of hydrogen-bond acceptors (Lipinski definition) is 5. The molecule has 2 aromatic heterocycles. The molecule has 3 aromatic rings. The Morgan fingerprint density at radius 2 is 1.96 bits per heavy atom. The van der Waals surface area contributed by atoms with Gasteiger partial charge in [-0.1, -0.05) is 18.2 Å². The van der Waals surface area contributed by atoms with E-state index in [0.29, 0.717) is 11.2 Å². The number of thiophene rings is 1. The molecule has 24 heavy (non-hydrogen) atoms. The molecule has 3 heterocycles. The van der Waals surface area contributed by atoms with E-state index in [2.05, 4.69) is 50.1 Å². The molecular formula is C18H20N4OS. The van der Waals surface area contributed by atoms with Crippen LogP contribution in [-0.4, -0.2) is 41.0 Å². The van der Waals surface area contributed by atoms with Crippen LogP contribution in [0, 0.1) is 0 Å². The first-order valence-corrected chi connectivity index (χ1v) is 9.16. The van der Waals surface area contributed by atoms with Crippen LogP contribution in [0.4, 0.5) is 5.69 Å². The number of benzene rings is 1. The second-order valence-corrected chi connectivity index (χ2v) is 7.02. The van der Waals surface area contributed by atoms with Gasteiger partial charge in [-0.25, -0.2) is 4.98 Å². The Balaban J connectivity index is 1.46. The maximum Gasteiger partial charge on any atom is 0.268 e. The molecule has 5 nitrogen and oxygen atoms in total. The summed E-state index contributed by atoms with van der Waals surface area (Å²) >= 11 is 1.44. The molecule has 4 rings (SSSR count). The third-order valence-electron chi connectivity index (χ3n) is 4.45. The highest BCUT2D eigenvalue weighted by Crippen LogP contribution is 2.17. The van der Waals surface area contributed by atoms with Crippen molar-refractivity contribution in [1.82, 2.24) is 14.9 Å². The Kier molecular flexibility index (Phi) is 4.32. The van der Waals surface area contributed by atoms with Crippen molar-refractivity contribution < 1.29 is 0 Å². The topological polar surface area (TPSA) is 52.2 Å². The van der Waals surface area contributed by atoms with Gasteiger partial charge in [-0.15, -0.1) is 11.3 Å². The van der Waals surface area contributed by atoms with Crippen molar-refractivity contribution in [2.24, 2.45) is 0 Å².